The zero-order valence-electron chi connectivity index (χ0n) is 12.4. The molecule has 0 saturated heterocycles. The van der Waals surface area contributed by atoms with Gasteiger partial charge in [0.05, 0.1) is 13.9 Å². The number of hydrogen-bond acceptors (Lipinski definition) is 3. The molecule has 0 aliphatic carbocycles. The van der Waals surface area contributed by atoms with Crippen molar-refractivity contribution in [3.8, 4) is 11.4 Å². The van der Waals surface area contributed by atoms with Gasteiger partial charge in [0.2, 0.25) is 0 Å². The minimum atomic E-state index is -0.0261. The summed E-state index contributed by atoms with van der Waals surface area (Å²) in [4.78, 5) is 4.88. The second kappa shape index (κ2) is 5.37. The summed E-state index contributed by atoms with van der Waals surface area (Å²) >= 11 is 4.10. The molecule has 0 aliphatic heterocycles. The monoisotopic (exact) mass is 411 g/mol. The number of nitrogens with two attached hydrogens (primary N) is 1. The zero-order chi connectivity index (χ0) is 15.2. The maximum atomic E-state index is 5.75. The maximum absolute atomic E-state index is 5.75. The lowest BCUT2D eigenvalue weighted by Gasteiger charge is -2.24. The van der Waals surface area contributed by atoms with Crippen molar-refractivity contribution in [1.82, 2.24) is 9.55 Å². The molecule has 2 aromatic heterocycles. The first-order chi connectivity index (χ1) is 9.90. The van der Waals surface area contributed by atoms with Crippen LogP contribution in [0.2, 0.25) is 0 Å². The van der Waals surface area contributed by atoms with Crippen LogP contribution in [0.15, 0.2) is 29.6 Å². The summed E-state index contributed by atoms with van der Waals surface area (Å²) in [5.74, 6) is 1.03. The van der Waals surface area contributed by atoms with E-state index >= 15 is 0 Å². The SMILES string of the molecule is CC(C)(C)n1c(-c2csc(I)c2)nc2cc(CN)ccc21. The molecule has 1 aromatic carbocycles. The van der Waals surface area contributed by atoms with E-state index in [9.17, 15) is 0 Å². The molecule has 3 nitrogen and oxygen atoms in total. The number of halogens is 1. The van der Waals surface area contributed by atoms with E-state index in [0.717, 1.165) is 22.4 Å². The first-order valence-corrected chi connectivity index (χ1v) is 8.82. The highest BCUT2D eigenvalue weighted by Gasteiger charge is 2.23. The number of imidazole rings is 1. The number of aromatic nitrogens is 2. The van der Waals surface area contributed by atoms with Crippen LogP contribution in [0.4, 0.5) is 0 Å². The predicted molar refractivity (Wildman–Crippen MR) is 98.7 cm³/mol. The molecule has 3 rings (SSSR count). The van der Waals surface area contributed by atoms with Crippen molar-refractivity contribution in [1.29, 1.82) is 0 Å². The van der Waals surface area contributed by atoms with Crippen LogP contribution in [-0.2, 0) is 12.1 Å². The molecule has 0 saturated carbocycles. The predicted octanol–water partition coefficient (Wildman–Crippen LogP) is 4.58. The Morgan fingerprint density at radius 1 is 1.29 bits per heavy atom. The van der Waals surface area contributed by atoms with Gasteiger partial charge in [0, 0.05) is 23.0 Å². The topological polar surface area (TPSA) is 43.8 Å². The Morgan fingerprint density at radius 2 is 2.05 bits per heavy atom. The third-order valence-electron chi connectivity index (χ3n) is 3.45. The number of hydrogen-bond donors (Lipinski definition) is 1. The minimum absolute atomic E-state index is 0.0261. The Balaban J connectivity index is 2.32. The van der Waals surface area contributed by atoms with Crippen LogP contribution in [0, 0.1) is 2.88 Å². The van der Waals surface area contributed by atoms with Crippen molar-refractivity contribution in [2.45, 2.75) is 32.9 Å². The number of thiophene rings is 1. The van der Waals surface area contributed by atoms with Crippen LogP contribution in [0.25, 0.3) is 22.4 Å². The first kappa shape index (κ1) is 15.0. The van der Waals surface area contributed by atoms with Crippen LogP contribution < -0.4 is 5.73 Å². The van der Waals surface area contributed by atoms with Crippen molar-refractivity contribution in [3.63, 3.8) is 0 Å². The van der Waals surface area contributed by atoms with Crippen LogP contribution in [-0.4, -0.2) is 9.55 Å². The summed E-state index contributed by atoms with van der Waals surface area (Å²) < 4.78 is 3.60. The van der Waals surface area contributed by atoms with Crippen molar-refractivity contribution in [3.05, 3.63) is 38.1 Å². The van der Waals surface area contributed by atoms with Crippen molar-refractivity contribution in [2.75, 3.05) is 0 Å². The van der Waals surface area contributed by atoms with Crippen molar-refractivity contribution in [2.24, 2.45) is 5.73 Å². The van der Waals surface area contributed by atoms with Crippen LogP contribution in [0.5, 0.6) is 0 Å². The fourth-order valence-corrected chi connectivity index (χ4v) is 3.88. The molecule has 2 N–H and O–H groups in total. The van der Waals surface area contributed by atoms with E-state index < -0.39 is 0 Å². The highest BCUT2D eigenvalue weighted by molar-refractivity contribution is 14.1. The summed E-state index contributed by atoms with van der Waals surface area (Å²) in [6.07, 6.45) is 0. The van der Waals surface area contributed by atoms with Gasteiger partial charge in [-0.1, -0.05) is 6.07 Å². The summed E-state index contributed by atoms with van der Waals surface area (Å²) in [5, 5.41) is 2.18. The smallest absolute Gasteiger partial charge is 0.142 e. The van der Waals surface area contributed by atoms with Gasteiger partial charge in [0.1, 0.15) is 5.82 Å². The van der Waals surface area contributed by atoms with Gasteiger partial charge in [-0.3, -0.25) is 0 Å². The quantitative estimate of drug-likeness (QED) is 0.628. The van der Waals surface area contributed by atoms with E-state index in [0.29, 0.717) is 6.54 Å². The van der Waals surface area contributed by atoms with Crippen LogP contribution in [0.1, 0.15) is 26.3 Å². The average molecular weight is 411 g/mol. The average Bonchev–Trinajstić information content (AvgIpc) is 3.00. The highest BCUT2D eigenvalue weighted by Crippen LogP contribution is 2.33. The summed E-state index contributed by atoms with van der Waals surface area (Å²) in [5.41, 5.74) is 10.2. The summed E-state index contributed by atoms with van der Waals surface area (Å²) in [6.45, 7) is 7.19. The molecule has 110 valence electrons. The highest BCUT2D eigenvalue weighted by atomic mass is 127. The normalized spacial score (nSPS) is 12.2. The lowest BCUT2D eigenvalue weighted by molar-refractivity contribution is 0.413. The second-order valence-electron chi connectivity index (χ2n) is 6.11. The number of nitrogens with zero attached hydrogens (tertiary/aromatic N) is 2. The third kappa shape index (κ3) is 2.74. The summed E-state index contributed by atoms with van der Waals surface area (Å²) in [6, 6.07) is 8.51. The standard InChI is InChI=1S/C16H18IN3S/c1-16(2,3)20-13-5-4-10(8-18)6-12(13)19-15(20)11-7-14(17)21-9-11/h4-7,9H,8,18H2,1-3H3. The largest absolute Gasteiger partial charge is 0.326 e. The number of fused-ring (bicyclic) bond motifs is 1. The van der Waals surface area contributed by atoms with E-state index in [4.69, 9.17) is 10.7 Å². The van der Waals surface area contributed by atoms with Gasteiger partial charge in [0.25, 0.3) is 0 Å². The minimum Gasteiger partial charge on any atom is -0.326 e. The van der Waals surface area contributed by atoms with E-state index in [1.807, 2.05) is 0 Å². The first-order valence-electron chi connectivity index (χ1n) is 6.86. The molecule has 21 heavy (non-hydrogen) atoms. The number of benzene rings is 1. The fourth-order valence-electron chi connectivity index (χ4n) is 2.55. The van der Waals surface area contributed by atoms with Crippen LogP contribution in [0.3, 0.4) is 0 Å². The van der Waals surface area contributed by atoms with Gasteiger partial charge in [-0.15, -0.1) is 11.3 Å². The molecule has 0 atom stereocenters. The third-order valence-corrected chi connectivity index (χ3v) is 5.24. The van der Waals surface area contributed by atoms with Gasteiger partial charge < -0.3 is 10.3 Å². The zero-order valence-corrected chi connectivity index (χ0v) is 15.3. The molecule has 5 heteroatoms. The van der Waals surface area contributed by atoms with Crippen LogP contribution >= 0.6 is 33.9 Å². The number of rotatable bonds is 2. The van der Waals surface area contributed by atoms with Crippen molar-refractivity contribution >= 4 is 45.0 Å². The molecule has 0 unspecified atom stereocenters. The molecule has 0 radical (unpaired) electrons. The van der Waals surface area contributed by atoms with Gasteiger partial charge in [-0.25, -0.2) is 4.98 Å². The Kier molecular flexibility index (Phi) is 3.83. The molecule has 0 fully saturated rings. The van der Waals surface area contributed by atoms with Gasteiger partial charge in [-0.05, 0) is 67.1 Å². The summed E-state index contributed by atoms with van der Waals surface area (Å²) in [7, 11) is 0. The van der Waals surface area contributed by atoms with E-state index in [-0.39, 0.29) is 5.54 Å². The fraction of sp³-hybridized carbons (Fsp3) is 0.312. The van der Waals surface area contributed by atoms with E-state index in [1.54, 1.807) is 11.3 Å². The van der Waals surface area contributed by atoms with Crippen molar-refractivity contribution < 1.29 is 0 Å². The Morgan fingerprint density at radius 3 is 2.62 bits per heavy atom. The van der Waals surface area contributed by atoms with E-state index in [2.05, 4.69) is 77.6 Å². The van der Waals surface area contributed by atoms with Gasteiger partial charge >= 0.3 is 0 Å². The molecule has 0 bridgehead atoms. The second-order valence-corrected chi connectivity index (χ2v) is 8.91. The van der Waals surface area contributed by atoms with E-state index in [1.165, 1.54) is 8.45 Å². The lowest BCUT2D eigenvalue weighted by Crippen LogP contribution is -2.22. The molecule has 0 amide bonds. The molecular weight excluding hydrogens is 393 g/mol. The Hall–Kier alpha value is -0.920. The molecule has 0 spiro atoms. The maximum Gasteiger partial charge on any atom is 0.142 e. The molecular formula is C16H18IN3S. The Bertz CT molecular complexity index is 796. The Labute approximate surface area is 142 Å². The van der Waals surface area contributed by atoms with Gasteiger partial charge in [0.15, 0.2) is 0 Å². The lowest BCUT2D eigenvalue weighted by atomic mass is 10.1. The molecule has 0 aliphatic rings. The molecule has 2 heterocycles. The van der Waals surface area contributed by atoms with Gasteiger partial charge in [-0.2, -0.15) is 0 Å². The molecule has 3 aromatic rings.